The first-order valence-corrected chi connectivity index (χ1v) is 31.8. The number of ether oxygens (including phenoxy) is 3. The summed E-state index contributed by atoms with van der Waals surface area (Å²) < 4.78 is 16.8. The summed E-state index contributed by atoms with van der Waals surface area (Å²) in [6.07, 6.45) is 72.2. The van der Waals surface area contributed by atoms with E-state index < -0.39 is 6.10 Å². The Kier molecular flexibility index (Phi) is 58.6. The Labute approximate surface area is 443 Å². The molecule has 0 bridgehead atoms. The molecule has 0 fully saturated rings. The molecule has 418 valence electrons. The van der Waals surface area contributed by atoms with Crippen LogP contribution in [0.1, 0.15) is 355 Å². The molecule has 0 rings (SSSR count). The third kappa shape index (κ3) is 58.7. The van der Waals surface area contributed by atoms with Crippen LogP contribution in [0.25, 0.3) is 0 Å². The van der Waals surface area contributed by atoms with Crippen LogP contribution in [0.5, 0.6) is 0 Å². The fourth-order valence-electron chi connectivity index (χ4n) is 9.65. The van der Waals surface area contributed by atoms with E-state index in [1.54, 1.807) is 0 Å². The lowest BCUT2D eigenvalue weighted by atomic mass is 10.0. The summed E-state index contributed by atoms with van der Waals surface area (Å²) in [6, 6.07) is 0. The smallest absolute Gasteiger partial charge is 0.306 e. The van der Waals surface area contributed by atoms with E-state index in [0.29, 0.717) is 19.3 Å². The molecule has 0 saturated heterocycles. The first-order chi connectivity index (χ1) is 35.0. The maximum absolute atomic E-state index is 12.8. The average Bonchev–Trinajstić information content (AvgIpc) is 3.37. The van der Waals surface area contributed by atoms with Gasteiger partial charge in [0.15, 0.2) is 6.10 Å². The van der Waals surface area contributed by atoms with Crippen LogP contribution >= 0.6 is 0 Å². The number of allylic oxidation sites excluding steroid dienone is 4. The molecule has 0 aliphatic heterocycles. The van der Waals surface area contributed by atoms with Gasteiger partial charge in [-0.05, 0) is 51.4 Å². The number of esters is 3. The Hall–Kier alpha value is -2.11. The number of rotatable bonds is 59. The Morgan fingerprint density at radius 2 is 0.507 bits per heavy atom. The zero-order chi connectivity index (χ0) is 51.4. The van der Waals surface area contributed by atoms with Crippen molar-refractivity contribution in [2.45, 2.75) is 361 Å². The summed E-state index contributed by atoms with van der Waals surface area (Å²) in [5.41, 5.74) is 0. The number of hydrogen-bond acceptors (Lipinski definition) is 6. The summed E-state index contributed by atoms with van der Waals surface area (Å²) in [7, 11) is 0. The SMILES string of the molecule is CCCCCCC/C=C\C/C=C\CCCCCCCCCCCCCCCCCCCCCCCC(=O)OCC(COC(=O)CCCCCCCCCCCC)OC(=O)CCCCCCCCCCCC. The lowest BCUT2D eigenvalue weighted by Gasteiger charge is -2.18. The van der Waals surface area contributed by atoms with Crippen LogP contribution < -0.4 is 0 Å². The topological polar surface area (TPSA) is 78.9 Å². The van der Waals surface area contributed by atoms with Gasteiger partial charge in [0.05, 0.1) is 0 Å². The Morgan fingerprint density at radius 3 is 0.775 bits per heavy atom. The van der Waals surface area contributed by atoms with Gasteiger partial charge in [0, 0.05) is 19.3 Å². The fourth-order valence-corrected chi connectivity index (χ4v) is 9.65. The van der Waals surface area contributed by atoms with Gasteiger partial charge in [-0.1, -0.05) is 308 Å². The van der Waals surface area contributed by atoms with E-state index >= 15 is 0 Å². The van der Waals surface area contributed by atoms with Gasteiger partial charge >= 0.3 is 17.9 Å². The Morgan fingerprint density at radius 1 is 0.282 bits per heavy atom. The summed E-state index contributed by atoms with van der Waals surface area (Å²) in [6.45, 7) is 6.65. The normalized spacial score (nSPS) is 12.1. The van der Waals surface area contributed by atoms with Gasteiger partial charge in [0.1, 0.15) is 13.2 Å². The summed E-state index contributed by atoms with van der Waals surface area (Å²) in [4.78, 5) is 38.0. The van der Waals surface area contributed by atoms with Gasteiger partial charge in [0.2, 0.25) is 0 Å². The molecule has 0 aliphatic carbocycles. The van der Waals surface area contributed by atoms with Gasteiger partial charge in [-0.25, -0.2) is 0 Å². The molecular formula is C65H122O6. The molecule has 6 heteroatoms. The van der Waals surface area contributed by atoms with Gasteiger partial charge in [-0.15, -0.1) is 0 Å². The van der Waals surface area contributed by atoms with Crippen LogP contribution in [0, 0.1) is 0 Å². The monoisotopic (exact) mass is 999 g/mol. The zero-order valence-corrected chi connectivity index (χ0v) is 48.0. The van der Waals surface area contributed by atoms with Crippen molar-refractivity contribution < 1.29 is 28.6 Å². The number of carbonyl (C=O) groups excluding carboxylic acids is 3. The molecule has 71 heavy (non-hydrogen) atoms. The lowest BCUT2D eigenvalue weighted by Crippen LogP contribution is -2.30. The molecular weight excluding hydrogens is 877 g/mol. The van der Waals surface area contributed by atoms with Crippen LogP contribution in [-0.4, -0.2) is 37.2 Å². The van der Waals surface area contributed by atoms with Crippen molar-refractivity contribution in [3.8, 4) is 0 Å². The van der Waals surface area contributed by atoms with E-state index in [4.69, 9.17) is 14.2 Å². The summed E-state index contributed by atoms with van der Waals surface area (Å²) in [5.74, 6) is -0.845. The Bertz CT molecular complexity index is 1150. The number of unbranched alkanes of at least 4 members (excludes halogenated alkanes) is 44. The van der Waals surface area contributed by atoms with Crippen LogP contribution in [0.3, 0.4) is 0 Å². The van der Waals surface area contributed by atoms with Crippen LogP contribution in [0.2, 0.25) is 0 Å². The van der Waals surface area contributed by atoms with Gasteiger partial charge in [-0.2, -0.15) is 0 Å². The van der Waals surface area contributed by atoms with Gasteiger partial charge in [0.25, 0.3) is 0 Å². The van der Waals surface area contributed by atoms with E-state index in [0.717, 1.165) is 64.2 Å². The quantitative estimate of drug-likeness (QED) is 0.0261. The van der Waals surface area contributed by atoms with Crippen molar-refractivity contribution in [1.29, 1.82) is 0 Å². The molecule has 0 amide bonds. The van der Waals surface area contributed by atoms with E-state index in [-0.39, 0.29) is 31.1 Å². The molecule has 0 saturated carbocycles. The molecule has 1 atom stereocenters. The minimum absolute atomic E-state index is 0.0641. The second-order valence-corrected chi connectivity index (χ2v) is 21.7. The third-order valence-electron chi connectivity index (χ3n) is 14.5. The molecule has 1 unspecified atom stereocenters. The minimum atomic E-state index is -0.762. The van der Waals surface area contributed by atoms with Crippen molar-refractivity contribution in [1.82, 2.24) is 0 Å². The van der Waals surface area contributed by atoms with Crippen LogP contribution in [-0.2, 0) is 28.6 Å². The minimum Gasteiger partial charge on any atom is -0.462 e. The third-order valence-corrected chi connectivity index (χ3v) is 14.5. The van der Waals surface area contributed by atoms with Crippen molar-refractivity contribution in [2.24, 2.45) is 0 Å². The van der Waals surface area contributed by atoms with E-state index in [1.807, 2.05) is 0 Å². The van der Waals surface area contributed by atoms with Crippen LogP contribution in [0.15, 0.2) is 24.3 Å². The zero-order valence-electron chi connectivity index (χ0n) is 48.0. The van der Waals surface area contributed by atoms with Crippen molar-refractivity contribution >= 4 is 17.9 Å². The molecule has 0 aromatic rings. The fraction of sp³-hybridized carbons (Fsp3) is 0.892. The molecule has 0 heterocycles. The maximum Gasteiger partial charge on any atom is 0.306 e. The highest BCUT2D eigenvalue weighted by atomic mass is 16.6. The molecule has 0 aliphatic rings. The molecule has 0 aromatic carbocycles. The number of carbonyl (C=O) groups is 3. The van der Waals surface area contributed by atoms with E-state index in [9.17, 15) is 14.4 Å². The standard InChI is InChI=1S/C65H122O6/c1-4-7-10-13-16-19-22-23-24-25-26-27-28-29-30-31-32-33-34-35-36-37-38-39-40-41-42-43-44-47-49-52-55-58-64(67)70-61-62(71-65(68)59-56-53-50-46-21-18-15-12-9-6-3)60-69-63(66)57-54-51-48-45-20-17-14-11-8-5-2/h22-23,25-26,62H,4-21,24,27-61H2,1-3H3/b23-22-,26-25-. The van der Waals surface area contributed by atoms with E-state index in [1.165, 1.54) is 250 Å². The highest BCUT2D eigenvalue weighted by Gasteiger charge is 2.19. The molecule has 0 spiro atoms. The van der Waals surface area contributed by atoms with E-state index in [2.05, 4.69) is 45.1 Å². The Balaban J connectivity index is 3.93. The van der Waals surface area contributed by atoms with Gasteiger partial charge < -0.3 is 14.2 Å². The summed E-state index contributed by atoms with van der Waals surface area (Å²) in [5, 5.41) is 0. The highest BCUT2D eigenvalue weighted by molar-refractivity contribution is 5.71. The molecule has 0 N–H and O–H groups in total. The van der Waals surface area contributed by atoms with Crippen molar-refractivity contribution in [2.75, 3.05) is 13.2 Å². The molecule has 0 aromatic heterocycles. The summed E-state index contributed by atoms with van der Waals surface area (Å²) >= 11 is 0. The van der Waals surface area contributed by atoms with Crippen molar-refractivity contribution in [3.63, 3.8) is 0 Å². The second-order valence-electron chi connectivity index (χ2n) is 21.7. The first-order valence-electron chi connectivity index (χ1n) is 31.8. The molecule has 6 nitrogen and oxygen atoms in total. The largest absolute Gasteiger partial charge is 0.462 e. The molecule has 0 radical (unpaired) electrons. The van der Waals surface area contributed by atoms with Gasteiger partial charge in [-0.3, -0.25) is 14.4 Å². The predicted molar refractivity (Wildman–Crippen MR) is 307 cm³/mol. The lowest BCUT2D eigenvalue weighted by molar-refractivity contribution is -0.167. The number of hydrogen-bond donors (Lipinski definition) is 0. The van der Waals surface area contributed by atoms with Crippen molar-refractivity contribution in [3.05, 3.63) is 24.3 Å². The first kappa shape index (κ1) is 68.9. The average molecular weight is 1000 g/mol. The van der Waals surface area contributed by atoms with Crippen LogP contribution in [0.4, 0.5) is 0 Å². The maximum atomic E-state index is 12.8. The predicted octanol–water partition coefficient (Wildman–Crippen LogP) is 21.4. The highest BCUT2D eigenvalue weighted by Crippen LogP contribution is 2.18. The second kappa shape index (κ2) is 60.4.